The Labute approximate surface area is 472 Å². The number of amides is 4. The number of carbonyl (C=O) groups excluding carboxylic acids is 4. The highest BCUT2D eigenvalue weighted by Gasteiger charge is 2.20. The zero-order chi connectivity index (χ0) is 55.9. The van der Waals surface area contributed by atoms with Crippen molar-refractivity contribution in [2.24, 2.45) is 0 Å². The molecule has 0 aromatic heterocycles. The number of carbonyl (C=O) groups is 4. The number of anilines is 4. The number of rotatable bonds is 40. The molecule has 1 aliphatic rings. The molecule has 0 aliphatic carbocycles. The Balaban J connectivity index is 1.73. The number of fused-ring (bicyclic) bond motifs is 2. The molecule has 0 bridgehead atoms. The third kappa shape index (κ3) is 33.1. The van der Waals surface area contributed by atoms with E-state index in [0.29, 0.717) is 71.4 Å². The highest BCUT2D eigenvalue weighted by Crippen LogP contribution is 2.39. The lowest BCUT2D eigenvalue weighted by Crippen LogP contribution is -2.19. The van der Waals surface area contributed by atoms with E-state index in [1.54, 1.807) is 24.3 Å². The van der Waals surface area contributed by atoms with Gasteiger partial charge in [0.15, 0.2) is 23.0 Å². The van der Waals surface area contributed by atoms with Crippen molar-refractivity contribution < 1.29 is 47.6 Å². The maximum Gasteiger partial charge on any atom is 0.224 e. The van der Waals surface area contributed by atoms with Crippen molar-refractivity contribution in [3.8, 4) is 23.0 Å². The van der Waals surface area contributed by atoms with Gasteiger partial charge in [0.1, 0.15) is 26.4 Å². The maximum atomic E-state index is 13.4. The first-order valence-electron chi connectivity index (χ1n) is 31.5. The van der Waals surface area contributed by atoms with Gasteiger partial charge in [-0.05, 0) is 25.7 Å². The van der Waals surface area contributed by atoms with E-state index < -0.39 is 0 Å². The summed E-state index contributed by atoms with van der Waals surface area (Å²) in [5.41, 5.74) is 1.80. The van der Waals surface area contributed by atoms with Crippen molar-refractivity contribution in [1.29, 1.82) is 0 Å². The van der Waals surface area contributed by atoms with E-state index in [2.05, 4.69) is 49.0 Å². The highest BCUT2D eigenvalue weighted by molar-refractivity contribution is 6.01. The third-order valence-corrected chi connectivity index (χ3v) is 14.2. The van der Waals surface area contributed by atoms with Crippen LogP contribution in [0.25, 0.3) is 0 Å². The average Bonchev–Trinajstić information content (AvgIpc) is 3.44. The van der Waals surface area contributed by atoms with E-state index in [4.69, 9.17) is 28.4 Å². The van der Waals surface area contributed by atoms with Gasteiger partial charge in [-0.2, -0.15) is 0 Å². The van der Waals surface area contributed by atoms with Crippen LogP contribution < -0.4 is 40.2 Å². The summed E-state index contributed by atoms with van der Waals surface area (Å²) in [6.45, 7) is 10.4. The minimum Gasteiger partial charge on any atom is -0.487 e. The van der Waals surface area contributed by atoms with E-state index >= 15 is 0 Å². The van der Waals surface area contributed by atoms with E-state index in [9.17, 15) is 19.2 Å². The first-order valence-corrected chi connectivity index (χ1v) is 31.5. The van der Waals surface area contributed by atoms with Gasteiger partial charge in [0.2, 0.25) is 23.6 Å². The number of ether oxygens (including phenoxy) is 6. The van der Waals surface area contributed by atoms with Gasteiger partial charge in [0, 0.05) is 49.9 Å². The van der Waals surface area contributed by atoms with Gasteiger partial charge in [-0.3, -0.25) is 19.2 Å². The lowest BCUT2D eigenvalue weighted by molar-refractivity contribution is -0.117. The first kappa shape index (κ1) is 67.7. The van der Waals surface area contributed by atoms with Crippen LogP contribution in [0.2, 0.25) is 0 Å². The third-order valence-electron chi connectivity index (χ3n) is 14.2. The SMILES string of the molecule is CCCCCCCCCCC(=O)Nc1cc2c(cc1NC(=O)CCCCCCCCCC)OCCOCCOc1cc(NC(=O)CCCCCCCCCC)c(NC(=O)CCCCCCCCCC)cc1OCCOCCO2. The number of unbranched alkanes of at least 4 members (excludes halogenated alkanes) is 28. The van der Waals surface area contributed by atoms with E-state index in [0.717, 1.165) is 77.0 Å². The molecule has 1 aliphatic heterocycles. The van der Waals surface area contributed by atoms with Crippen molar-refractivity contribution in [3.63, 3.8) is 0 Å². The quantitative estimate of drug-likeness (QED) is 0.0471. The molecular weight excluding hydrogens is 985 g/mol. The molecule has 4 N–H and O–H groups in total. The molecule has 14 heteroatoms. The molecule has 1 heterocycles. The monoisotopic (exact) mass is 1090 g/mol. The largest absolute Gasteiger partial charge is 0.487 e. The molecule has 0 unspecified atom stereocenters. The number of hydrogen-bond acceptors (Lipinski definition) is 10. The average molecular weight is 1090 g/mol. The second kappa shape index (κ2) is 46.2. The van der Waals surface area contributed by atoms with Crippen LogP contribution in [0, 0.1) is 0 Å². The van der Waals surface area contributed by atoms with Gasteiger partial charge < -0.3 is 49.7 Å². The normalized spacial score (nSPS) is 13.3. The Morgan fingerprint density at radius 3 is 0.654 bits per heavy atom. The molecule has 0 fully saturated rings. The zero-order valence-corrected chi connectivity index (χ0v) is 49.5. The Hall–Kier alpha value is -4.56. The summed E-state index contributed by atoms with van der Waals surface area (Å²) in [6.07, 6.45) is 37.8. The molecule has 3 rings (SSSR count). The van der Waals surface area contributed by atoms with Crippen LogP contribution in [-0.4, -0.2) is 76.5 Å². The Kier molecular flexibility index (Phi) is 40.1. The molecule has 444 valence electrons. The topological polar surface area (TPSA) is 172 Å². The minimum atomic E-state index is -0.121. The molecule has 14 nitrogen and oxygen atoms in total. The van der Waals surface area contributed by atoms with Gasteiger partial charge in [-0.15, -0.1) is 0 Å². The lowest BCUT2D eigenvalue weighted by Gasteiger charge is -2.20. The molecule has 0 atom stereocenters. The van der Waals surface area contributed by atoms with E-state index in [1.807, 2.05) is 0 Å². The van der Waals surface area contributed by atoms with Crippen LogP contribution in [0.4, 0.5) is 22.7 Å². The molecular formula is C64H108N4O10. The standard InChI is InChI=1S/C64H108N4O10/c1-5-9-13-17-21-25-29-33-37-61(69)65-53-49-57-58(50-54(53)66-62(70)38-34-30-26-22-18-14-10-6-2)76-46-42-74-44-48-78-60-52-56(68-64(72)40-36-32-28-24-20-16-12-8-4)55(51-59(60)77-47-43-73-41-45-75-57)67-63(71)39-35-31-27-23-19-15-11-7-3/h49-52H,5-48H2,1-4H3,(H,65,69)(H,66,70)(H,67,71)(H,68,72). The predicted octanol–water partition coefficient (Wildman–Crippen LogP) is 16.8. The van der Waals surface area contributed by atoms with Crippen LogP contribution >= 0.6 is 0 Å². The highest BCUT2D eigenvalue weighted by atomic mass is 16.6. The van der Waals surface area contributed by atoms with Gasteiger partial charge in [-0.1, -0.05) is 207 Å². The molecule has 2 aromatic rings. The molecule has 2 aromatic carbocycles. The molecule has 0 spiro atoms. The van der Waals surface area contributed by atoms with Gasteiger partial charge in [-0.25, -0.2) is 0 Å². The fourth-order valence-electron chi connectivity index (χ4n) is 9.56. The summed E-state index contributed by atoms with van der Waals surface area (Å²) >= 11 is 0. The van der Waals surface area contributed by atoms with Crippen LogP contribution in [0.1, 0.15) is 259 Å². The summed E-state index contributed by atoms with van der Waals surface area (Å²) < 4.78 is 37.1. The van der Waals surface area contributed by atoms with E-state index in [1.165, 1.54) is 128 Å². The number of hydrogen-bond donors (Lipinski definition) is 4. The van der Waals surface area contributed by atoms with Crippen LogP contribution in [-0.2, 0) is 28.7 Å². The molecule has 4 amide bonds. The molecule has 78 heavy (non-hydrogen) atoms. The summed E-state index contributed by atoms with van der Waals surface area (Å²) in [6, 6.07) is 6.89. The van der Waals surface area contributed by atoms with Crippen molar-refractivity contribution in [3.05, 3.63) is 24.3 Å². The summed E-state index contributed by atoms with van der Waals surface area (Å²) in [5.74, 6) is 1.11. The lowest BCUT2D eigenvalue weighted by atomic mass is 10.1. The van der Waals surface area contributed by atoms with Crippen LogP contribution in [0.3, 0.4) is 0 Å². The first-order chi connectivity index (χ1) is 38.3. The van der Waals surface area contributed by atoms with Crippen molar-refractivity contribution in [1.82, 2.24) is 0 Å². The van der Waals surface area contributed by atoms with E-state index in [-0.39, 0.29) is 76.5 Å². The number of nitrogens with one attached hydrogen (secondary N) is 4. The molecule has 0 saturated carbocycles. The second-order valence-corrected chi connectivity index (χ2v) is 21.4. The smallest absolute Gasteiger partial charge is 0.224 e. The Morgan fingerprint density at radius 2 is 0.462 bits per heavy atom. The van der Waals surface area contributed by atoms with Crippen molar-refractivity contribution in [2.75, 3.05) is 74.1 Å². The van der Waals surface area contributed by atoms with Gasteiger partial charge >= 0.3 is 0 Å². The predicted molar refractivity (Wildman–Crippen MR) is 320 cm³/mol. The van der Waals surface area contributed by atoms with Crippen LogP contribution in [0.15, 0.2) is 24.3 Å². The second-order valence-electron chi connectivity index (χ2n) is 21.4. The van der Waals surface area contributed by atoms with Crippen molar-refractivity contribution in [2.45, 2.75) is 259 Å². The van der Waals surface area contributed by atoms with Crippen LogP contribution in [0.5, 0.6) is 23.0 Å². The zero-order valence-electron chi connectivity index (χ0n) is 49.5. The summed E-state index contributed by atoms with van der Waals surface area (Å²) in [4.78, 5) is 53.6. The Morgan fingerprint density at radius 1 is 0.282 bits per heavy atom. The fraction of sp³-hybridized carbons (Fsp3) is 0.750. The van der Waals surface area contributed by atoms with Gasteiger partial charge in [0.05, 0.1) is 49.2 Å². The maximum absolute atomic E-state index is 13.4. The number of benzene rings is 2. The summed E-state index contributed by atoms with van der Waals surface area (Å²) in [5, 5.41) is 12.3. The molecule has 0 radical (unpaired) electrons. The minimum absolute atomic E-state index is 0.121. The fourth-order valence-corrected chi connectivity index (χ4v) is 9.56. The van der Waals surface area contributed by atoms with Gasteiger partial charge in [0.25, 0.3) is 0 Å². The molecule has 0 saturated heterocycles. The Bertz CT molecular complexity index is 1630. The van der Waals surface area contributed by atoms with Crippen molar-refractivity contribution >= 4 is 46.4 Å². The summed E-state index contributed by atoms with van der Waals surface area (Å²) in [7, 11) is 0.